The van der Waals surface area contributed by atoms with E-state index in [1.807, 2.05) is 0 Å². The predicted molar refractivity (Wildman–Crippen MR) is 70.7 cm³/mol. The molecule has 0 bridgehead atoms. The first-order chi connectivity index (χ1) is 9.83. The summed E-state index contributed by atoms with van der Waals surface area (Å²) in [5.41, 5.74) is 1.80. The number of hydrogen-bond donors (Lipinski definition) is 0. The summed E-state index contributed by atoms with van der Waals surface area (Å²) in [6.07, 6.45) is 7.77. The van der Waals surface area contributed by atoms with Gasteiger partial charge < -0.3 is 4.74 Å². The molecule has 0 fully saturated rings. The highest BCUT2D eigenvalue weighted by atomic mass is 16.5. The number of pyridine rings is 2. The molecule has 0 radical (unpaired) electrons. The van der Waals surface area contributed by atoms with Gasteiger partial charge in [0.1, 0.15) is 12.9 Å². The average Bonchev–Trinajstić information content (AvgIpc) is 2.53. The largest absolute Gasteiger partial charge is 0.457 e. The summed E-state index contributed by atoms with van der Waals surface area (Å²) in [7, 11) is 0. The fourth-order valence-corrected chi connectivity index (χ4v) is 1.70. The van der Waals surface area contributed by atoms with Crippen LogP contribution in [-0.2, 0) is 11.3 Å². The van der Waals surface area contributed by atoms with Gasteiger partial charge in [0.25, 0.3) is 0 Å². The number of rotatable bonds is 3. The zero-order valence-corrected chi connectivity index (χ0v) is 10.4. The molecule has 20 heavy (non-hydrogen) atoms. The zero-order valence-electron chi connectivity index (χ0n) is 10.4. The number of ether oxygens (including phenoxy) is 1. The molecule has 0 aromatic carbocycles. The van der Waals surface area contributed by atoms with Crippen LogP contribution in [0.3, 0.4) is 0 Å². The fourth-order valence-electron chi connectivity index (χ4n) is 1.70. The van der Waals surface area contributed by atoms with E-state index in [0.717, 1.165) is 5.56 Å². The lowest BCUT2D eigenvalue weighted by atomic mass is 10.2. The van der Waals surface area contributed by atoms with Crippen molar-refractivity contribution in [2.75, 3.05) is 0 Å². The van der Waals surface area contributed by atoms with Crippen molar-refractivity contribution in [3.63, 3.8) is 0 Å². The summed E-state index contributed by atoms with van der Waals surface area (Å²) >= 11 is 0. The summed E-state index contributed by atoms with van der Waals surface area (Å²) in [5, 5.41) is 0.700. The normalized spacial score (nSPS) is 10.4. The summed E-state index contributed by atoms with van der Waals surface area (Å²) in [6.45, 7) is 0.199. The van der Waals surface area contributed by atoms with Crippen LogP contribution in [0.2, 0.25) is 0 Å². The van der Waals surface area contributed by atoms with Crippen LogP contribution in [0, 0.1) is 0 Å². The molecule has 3 aromatic heterocycles. The van der Waals surface area contributed by atoms with Gasteiger partial charge in [-0.15, -0.1) is 0 Å². The van der Waals surface area contributed by atoms with E-state index in [4.69, 9.17) is 4.74 Å². The summed E-state index contributed by atoms with van der Waals surface area (Å²) in [5.74, 6) is -0.430. The Kier molecular flexibility index (Phi) is 3.28. The molecule has 3 aromatic rings. The van der Waals surface area contributed by atoms with E-state index in [0.29, 0.717) is 16.6 Å². The van der Waals surface area contributed by atoms with Gasteiger partial charge in [-0.3, -0.25) is 4.98 Å². The average molecular weight is 266 g/mol. The lowest BCUT2D eigenvalue weighted by molar-refractivity contribution is 0.0472. The molecular weight excluding hydrogens is 256 g/mol. The van der Waals surface area contributed by atoms with E-state index in [-0.39, 0.29) is 6.61 Å². The molecule has 0 spiro atoms. The molecule has 6 heteroatoms. The van der Waals surface area contributed by atoms with Crippen LogP contribution in [0.5, 0.6) is 0 Å². The third-order valence-electron chi connectivity index (χ3n) is 2.71. The van der Waals surface area contributed by atoms with Gasteiger partial charge in [0.15, 0.2) is 5.65 Å². The molecular formula is C14H10N4O2. The lowest BCUT2D eigenvalue weighted by Gasteiger charge is -2.05. The topological polar surface area (TPSA) is 77.9 Å². The highest BCUT2D eigenvalue weighted by molar-refractivity contribution is 5.92. The highest BCUT2D eigenvalue weighted by Gasteiger charge is 2.09. The zero-order chi connectivity index (χ0) is 13.8. The molecule has 3 rings (SSSR count). The van der Waals surface area contributed by atoms with Crippen molar-refractivity contribution < 1.29 is 9.53 Å². The molecule has 0 N–H and O–H groups in total. The summed E-state index contributed by atoms with van der Waals surface area (Å²) in [4.78, 5) is 27.8. The van der Waals surface area contributed by atoms with E-state index in [9.17, 15) is 4.79 Å². The Morgan fingerprint density at radius 2 is 1.95 bits per heavy atom. The molecule has 0 aliphatic carbocycles. The Labute approximate surface area is 114 Å². The first-order valence-electron chi connectivity index (χ1n) is 5.95. The van der Waals surface area contributed by atoms with Crippen molar-refractivity contribution in [3.05, 3.63) is 60.4 Å². The third-order valence-corrected chi connectivity index (χ3v) is 2.71. The van der Waals surface area contributed by atoms with Crippen LogP contribution in [0.1, 0.15) is 15.9 Å². The maximum absolute atomic E-state index is 11.9. The van der Waals surface area contributed by atoms with Gasteiger partial charge in [-0.25, -0.2) is 19.7 Å². The first-order valence-corrected chi connectivity index (χ1v) is 5.95. The second-order valence-electron chi connectivity index (χ2n) is 4.09. The smallest absolute Gasteiger partial charge is 0.340 e. The van der Waals surface area contributed by atoms with Gasteiger partial charge in [-0.1, -0.05) is 0 Å². The predicted octanol–water partition coefficient (Wildman–Crippen LogP) is 1.78. The lowest BCUT2D eigenvalue weighted by Crippen LogP contribution is -2.06. The van der Waals surface area contributed by atoms with Crippen molar-refractivity contribution >= 4 is 17.0 Å². The Hall–Kier alpha value is -2.89. The Morgan fingerprint density at radius 3 is 2.80 bits per heavy atom. The van der Waals surface area contributed by atoms with E-state index in [1.54, 1.807) is 36.8 Å². The van der Waals surface area contributed by atoms with Crippen molar-refractivity contribution in [1.82, 2.24) is 19.9 Å². The minimum atomic E-state index is -0.430. The SMILES string of the molecule is O=C(OCc1ccncc1)c1cnc2ncncc2c1. The third kappa shape index (κ3) is 2.59. The monoisotopic (exact) mass is 266 g/mol. The number of hydrogen-bond acceptors (Lipinski definition) is 6. The van der Waals surface area contributed by atoms with Crippen molar-refractivity contribution in [1.29, 1.82) is 0 Å². The second kappa shape index (κ2) is 5.40. The number of carbonyl (C=O) groups is 1. The minimum absolute atomic E-state index is 0.199. The van der Waals surface area contributed by atoms with Crippen LogP contribution >= 0.6 is 0 Å². The molecule has 0 atom stereocenters. The molecule has 3 heterocycles. The van der Waals surface area contributed by atoms with E-state index < -0.39 is 5.97 Å². The van der Waals surface area contributed by atoms with Crippen LogP contribution in [0.15, 0.2) is 49.3 Å². The number of nitrogens with zero attached hydrogens (tertiary/aromatic N) is 4. The molecule has 0 saturated carbocycles. The van der Waals surface area contributed by atoms with Crippen LogP contribution in [-0.4, -0.2) is 25.9 Å². The van der Waals surface area contributed by atoms with Crippen molar-refractivity contribution in [2.45, 2.75) is 6.61 Å². The Balaban J connectivity index is 1.75. The number of aromatic nitrogens is 4. The van der Waals surface area contributed by atoms with Gasteiger partial charge in [0.2, 0.25) is 0 Å². The van der Waals surface area contributed by atoms with Gasteiger partial charge in [-0.05, 0) is 23.8 Å². The molecule has 0 aliphatic rings. The van der Waals surface area contributed by atoms with Gasteiger partial charge in [0, 0.05) is 30.2 Å². The summed E-state index contributed by atoms with van der Waals surface area (Å²) < 4.78 is 5.22. The van der Waals surface area contributed by atoms with E-state index in [2.05, 4.69) is 19.9 Å². The first kappa shape index (κ1) is 12.2. The van der Waals surface area contributed by atoms with Gasteiger partial charge in [-0.2, -0.15) is 0 Å². The van der Waals surface area contributed by atoms with Gasteiger partial charge >= 0.3 is 5.97 Å². The Morgan fingerprint density at radius 1 is 1.10 bits per heavy atom. The maximum atomic E-state index is 11.9. The number of esters is 1. The molecule has 0 unspecified atom stereocenters. The van der Waals surface area contributed by atoms with Crippen LogP contribution in [0.25, 0.3) is 11.0 Å². The molecule has 0 amide bonds. The maximum Gasteiger partial charge on any atom is 0.340 e. The minimum Gasteiger partial charge on any atom is -0.457 e. The van der Waals surface area contributed by atoms with Crippen molar-refractivity contribution in [3.8, 4) is 0 Å². The number of fused-ring (bicyclic) bond motifs is 1. The highest BCUT2D eigenvalue weighted by Crippen LogP contribution is 2.11. The second-order valence-corrected chi connectivity index (χ2v) is 4.09. The van der Waals surface area contributed by atoms with Gasteiger partial charge in [0.05, 0.1) is 5.56 Å². The number of carbonyl (C=O) groups excluding carboxylic acids is 1. The van der Waals surface area contributed by atoms with Crippen LogP contribution in [0.4, 0.5) is 0 Å². The summed E-state index contributed by atoms with van der Waals surface area (Å²) in [6, 6.07) is 5.25. The molecule has 0 saturated heterocycles. The quantitative estimate of drug-likeness (QED) is 0.672. The Bertz CT molecular complexity index is 746. The van der Waals surface area contributed by atoms with E-state index in [1.165, 1.54) is 12.5 Å². The van der Waals surface area contributed by atoms with Crippen molar-refractivity contribution in [2.24, 2.45) is 0 Å². The molecule has 0 aliphatic heterocycles. The fraction of sp³-hybridized carbons (Fsp3) is 0.0714. The molecule has 98 valence electrons. The van der Waals surface area contributed by atoms with E-state index >= 15 is 0 Å². The van der Waals surface area contributed by atoms with Crippen LogP contribution < -0.4 is 0 Å². The standard InChI is InChI=1S/C14H10N4O2/c19-14(20-8-10-1-3-15-4-2-10)12-5-11-6-16-9-18-13(11)17-7-12/h1-7,9H,8H2. The molecule has 6 nitrogen and oxygen atoms in total.